The van der Waals surface area contributed by atoms with Gasteiger partial charge >= 0.3 is 0 Å². The molecule has 0 saturated carbocycles. The van der Waals surface area contributed by atoms with Crippen LogP contribution >= 0.6 is 15.9 Å². The van der Waals surface area contributed by atoms with Gasteiger partial charge in [-0.3, -0.25) is 0 Å². The third kappa shape index (κ3) is 7.91. The molecule has 0 unspecified atom stereocenters. The predicted molar refractivity (Wildman–Crippen MR) is 90.4 cm³/mol. The summed E-state index contributed by atoms with van der Waals surface area (Å²) in [6.45, 7) is 9.60. The lowest BCUT2D eigenvalue weighted by Crippen LogP contribution is -2.32. The number of benzene rings is 1. The molecule has 0 amide bonds. The van der Waals surface area contributed by atoms with Gasteiger partial charge in [-0.2, -0.15) is 0 Å². The number of halogens is 1. The van der Waals surface area contributed by atoms with Gasteiger partial charge in [0.2, 0.25) is 0 Å². The quantitative estimate of drug-likeness (QED) is 0.603. The van der Waals surface area contributed by atoms with Gasteiger partial charge in [0.25, 0.3) is 0 Å². The summed E-state index contributed by atoms with van der Waals surface area (Å²) in [4.78, 5) is 0. The molecule has 3 heteroatoms. The molecule has 0 radical (unpaired) electrons. The predicted octanol–water partition coefficient (Wildman–Crippen LogP) is 5.02. The van der Waals surface area contributed by atoms with Crippen LogP contribution < -0.4 is 10.1 Å². The SMILES string of the molecule is CCCCCC(C)(C)CNCCOc1ccc(Br)cc1. The molecule has 0 aliphatic carbocycles. The molecule has 114 valence electrons. The van der Waals surface area contributed by atoms with E-state index < -0.39 is 0 Å². The van der Waals surface area contributed by atoms with Crippen molar-refractivity contribution in [3.05, 3.63) is 28.7 Å². The van der Waals surface area contributed by atoms with Crippen LogP contribution in [0, 0.1) is 5.41 Å². The van der Waals surface area contributed by atoms with E-state index in [1.165, 1.54) is 25.7 Å². The van der Waals surface area contributed by atoms with Gasteiger partial charge in [-0.25, -0.2) is 0 Å². The van der Waals surface area contributed by atoms with E-state index in [0.717, 1.165) is 23.3 Å². The second kappa shape index (κ2) is 9.41. The summed E-state index contributed by atoms with van der Waals surface area (Å²) in [6.07, 6.45) is 5.27. The van der Waals surface area contributed by atoms with Gasteiger partial charge in [-0.1, -0.05) is 56.0 Å². The molecule has 0 atom stereocenters. The van der Waals surface area contributed by atoms with Crippen LogP contribution in [-0.4, -0.2) is 19.7 Å². The van der Waals surface area contributed by atoms with Crippen molar-refractivity contribution in [3.8, 4) is 5.75 Å². The normalized spacial score (nSPS) is 11.6. The van der Waals surface area contributed by atoms with E-state index in [4.69, 9.17) is 4.74 Å². The van der Waals surface area contributed by atoms with Gasteiger partial charge in [0, 0.05) is 17.6 Å². The van der Waals surface area contributed by atoms with E-state index in [0.29, 0.717) is 12.0 Å². The Morgan fingerprint density at radius 3 is 2.50 bits per heavy atom. The fraction of sp³-hybridized carbons (Fsp3) is 0.647. The third-order valence-electron chi connectivity index (χ3n) is 3.42. The highest BCUT2D eigenvalue weighted by atomic mass is 79.9. The highest BCUT2D eigenvalue weighted by molar-refractivity contribution is 9.10. The molecule has 0 aliphatic rings. The first-order valence-corrected chi connectivity index (χ1v) is 8.42. The minimum absolute atomic E-state index is 0.382. The van der Waals surface area contributed by atoms with Crippen molar-refractivity contribution >= 4 is 15.9 Å². The zero-order valence-corrected chi connectivity index (χ0v) is 14.6. The lowest BCUT2D eigenvalue weighted by Gasteiger charge is -2.25. The standard InChI is InChI=1S/C17H28BrNO/c1-4-5-6-11-17(2,3)14-19-12-13-20-16-9-7-15(18)8-10-16/h7-10,19H,4-6,11-14H2,1-3H3. The average Bonchev–Trinajstić information content (AvgIpc) is 2.40. The third-order valence-corrected chi connectivity index (χ3v) is 3.95. The number of ether oxygens (including phenoxy) is 1. The molecule has 0 heterocycles. The van der Waals surface area contributed by atoms with Crippen LogP contribution in [0.2, 0.25) is 0 Å². The highest BCUT2D eigenvalue weighted by Gasteiger charge is 2.16. The molecule has 0 bridgehead atoms. The first-order valence-electron chi connectivity index (χ1n) is 7.62. The van der Waals surface area contributed by atoms with Gasteiger partial charge in [0.05, 0.1) is 0 Å². The molecule has 1 rings (SSSR count). The van der Waals surface area contributed by atoms with Gasteiger partial charge < -0.3 is 10.1 Å². The Hall–Kier alpha value is -0.540. The molecule has 2 nitrogen and oxygen atoms in total. The largest absolute Gasteiger partial charge is 0.492 e. The summed E-state index contributed by atoms with van der Waals surface area (Å²) in [7, 11) is 0. The van der Waals surface area contributed by atoms with Crippen molar-refractivity contribution in [2.75, 3.05) is 19.7 Å². The summed E-state index contributed by atoms with van der Waals surface area (Å²) in [6, 6.07) is 7.97. The Bertz CT molecular complexity index is 362. The van der Waals surface area contributed by atoms with Crippen molar-refractivity contribution < 1.29 is 4.74 Å². The summed E-state index contributed by atoms with van der Waals surface area (Å²) >= 11 is 3.42. The molecule has 1 aromatic carbocycles. The number of hydrogen-bond donors (Lipinski definition) is 1. The summed E-state index contributed by atoms with van der Waals surface area (Å²) < 4.78 is 6.77. The Morgan fingerprint density at radius 1 is 1.15 bits per heavy atom. The molecule has 1 N–H and O–H groups in total. The molecule has 0 aromatic heterocycles. The van der Waals surface area contributed by atoms with Crippen molar-refractivity contribution in [2.24, 2.45) is 5.41 Å². The molecular weight excluding hydrogens is 314 g/mol. The van der Waals surface area contributed by atoms with Crippen molar-refractivity contribution in [1.29, 1.82) is 0 Å². The second-order valence-electron chi connectivity index (χ2n) is 6.10. The first-order chi connectivity index (χ1) is 9.53. The zero-order valence-electron chi connectivity index (χ0n) is 13.0. The van der Waals surface area contributed by atoms with Gasteiger partial charge in [-0.05, 0) is 36.1 Å². The number of unbranched alkanes of at least 4 members (excludes halogenated alkanes) is 2. The van der Waals surface area contributed by atoms with Crippen molar-refractivity contribution in [2.45, 2.75) is 46.5 Å². The molecule has 0 fully saturated rings. The van der Waals surface area contributed by atoms with E-state index in [2.05, 4.69) is 42.0 Å². The molecule has 0 aliphatic heterocycles. The zero-order chi connectivity index (χ0) is 14.8. The van der Waals surface area contributed by atoms with Crippen LogP contribution in [0.3, 0.4) is 0 Å². The Balaban J connectivity index is 2.10. The van der Waals surface area contributed by atoms with Crippen LogP contribution in [0.1, 0.15) is 46.5 Å². The molecule has 20 heavy (non-hydrogen) atoms. The molecule has 0 spiro atoms. The summed E-state index contributed by atoms with van der Waals surface area (Å²) in [5.74, 6) is 0.928. The maximum absolute atomic E-state index is 5.69. The lowest BCUT2D eigenvalue weighted by molar-refractivity contribution is 0.273. The smallest absolute Gasteiger partial charge is 0.119 e. The maximum Gasteiger partial charge on any atom is 0.119 e. The van der Waals surface area contributed by atoms with E-state index in [1.807, 2.05) is 24.3 Å². The fourth-order valence-corrected chi connectivity index (χ4v) is 2.40. The van der Waals surface area contributed by atoms with E-state index >= 15 is 0 Å². The van der Waals surface area contributed by atoms with E-state index in [1.54, 1.807) is 0 Å². The highest BCUT2D eigenvalue weighted by Crippen LogP contribution is 2.22. The summed E-state index contributed by atoms with van der Waals surface area (Å²) in [5, 5.41) is 3.50. The molecular formula is C17H28BrNO. The minimum atomic E-state index is 0.382. The van der Waals surface area contributed by atoms with Crippen LogP contribution in [-0.2, 0) is 0 Å². The van der Waals surface area contributed by atoms with Gasteiger partial charge in [-0.15, -0.1) is 0 Å². The average molecular weight is 342 g/mol. The first kappa shape index (κ1) is 17.5. The van der Waals surface area contributed by atoms with Gasteiger partial charge in [0.15, 0.2) is 0 Å². The summed E-state index contributed by atoms with van der Waals surface area (Å²) in [5.41, 5.74) is 0.382. The Labute approximate surface area is 132 Å². The maximum atomic E-state index is 5.69. The van der Waals surface area contributed by atoms with E-state index in [9.17, 15) is 0 Å². The van der Waals surface area contributed by atoms with Crippen LogP contribution in [0.4, 0.5) is 0 Å². The van der Waals surface area contributed by atoms with Crippen molar-refractivity contribution in [3.63, 3.8) is 0 Å². The number of nitrogens with one attached hydrogen (secondary N) is 1. The lowest BCUT2D eigenvalue weighted by atomic mass is 9.87. The van der Waals surface area contributed by atoms with Crippen molar-refractivity contribution in [1.82, 2.24) is 5.32 Å². The molecule has 1 aromatic rings. The van der Waals surface area contributed by atoms with E-state index in [-0.39, 0.29) is 0 Å². The van der Waals surface area contributed by atoms with Crippen LogP contribution in [0.5, 0.6) is 5.75 Å². The fourth-order valence-electron chi connectivity index (χ4n) is 2.14. The van der Waals surface area contributed by atoms with Gasteiger partial charge in [0.1, 0.15) is 12.4 Å². The monoisotopic (exact) mass is 341 g/mol. The Kier molecular flexibility index (Phi) is 8.24. The van der Waals surface area contributed by atoms with Crippen LogP contribution in [0.15, 0.2) is 28.7 Å². The minimum Gasteiger partial charge on any atom is -0.492 e. The number of hydrogen-bond acceptors (Lipinski definition) is 2. The number of rotatable bonds is 10. The second-order valence-corrected chi connectivity index (χ2v) is 7.02. The van der Waals surface area contributed by atoms with Crippen LogP contribution in [0.25, 0.3) is 0 Å². The Morgan fingerprint density at radius 2 is 1.85 bits per heavy atom. The molecule has 0 saturated heterocycles. The topological polar surface area (TPSA) is 21.3 Å².